The SMILES string of the molecule is COc1cccc(OC)c1C(=O)[P+](=O)C(=O)CCCC(=O)c1ccccc1. The Labute approximate surface area is 158 Å². The highest BCUT2D eigenvalue weighted by Crippen LogP contribution is 2.38. The average molecular weight is 387 g/mol. The zero-order valence-corrected chi connectivity index (χ0v) is 16.0. The molecule has 2 rings (SSSR count). The molecule has 1 unspecified atom stereocenters. The number of hydrogen-bond acceptors (Lipinski definition) is 6. The summed E-state index contributed by atoms with van der Waals surface area (Å²) < 4.78 is 22.6. The zero-order chi connectivity index (χ0) is 19.8. The molecule has 1 atom stereocenters. The van der Waals surface area contributed by atoms with Gasteiger partial charge in [-0.15, -0.1) is 0 Å². The van der Waals surface area contributed by atoms with Gasteiger partial charge in [0.1, 0.15) is 11.5 Å². The van der Waals surface area contributed by atoms with E-state index in [4.69, 9.17) is 9.47 Å². The minimum absolute atomic E-state index is 0.0164. The van der Waals surface area contributed by atoms with E-state index in [1.165, 1.54) is 26.4 Å². The van der Waals surface area contributed by atoms with Gasteiger partial charge in [0.25, 0.3) is 0 Å². The van der Waals surface area contributed by atoms with Crippen LogP contribution < -0.4 is 9.47 Å². The van der Waals surface area contributed by atoms with Gasteiger partial charge in [-0.3, -0.25) is 4.79 Å². The van der Waals surface area contributed by atoms with Crippen LogP contribution in [0.25, 0.3) is 0 Å². The lowest BCUT2D eigenvalue weighted by Crippen LogP contribution is -2.06. The molecule has 0 bridgehead atoms. The smallest absolute Gasteiger partial charge is 0.496 e. The third-order valence-corrected chi connectivity index (χ3v) is 5.21. The van der Waals surface area contributed by atoms with E-state index in [1.54, 1.807) is 30.3 Å². The molecule has 2 aromatic carbocycles. The van der Waals surface area contributed by atoms with Crippen LogP contribution in [0, 0.1) is 0 Å². The lowest BCUT2D eigenvalue weighted by atomic mass is 10.1. The Kier molecular flexibility index (Phi) is 7.38. The summed E-state index contributed by atoms with van der Waals surface area (Å²) in [5.74, 6) is 0.279. The first-order valence-corrected chi connectivity index (χ1v) is 9.59. The molecule has 0 fully saturated rings. The summed E-state index contributed by atoms with van der Waals surface area (Å²) in [7, 11) is -0.0660. The van der Waals surface area contributed by atoms with E-state index in [0.717, 1.165) is 0 Å². The normalized spacial score (nSPS) is 10.8. The summed E-state index contributed by atoms with van der Waals surface area (Å²) in [4.78, 5) is 36.7. The second kappa shape index (κ2) is 9.74. The van der Waals surface area contributed by atoms with Crippen molar-refractivity contribution in [3.63, 3.8) is 0 Å². The Bertz CT molecular complexity index is 838. The summed E-state index contributed by atoms with van der Waals surface area (Å²) in [6, 6.07) is 13.4. The van der Waals surface area contributed by atoms with Crippen molar-refractivity contribution in [2.24, 2.45) is 0 Å². The topological polar surface area (TPSA) is 86.7 Å². The van der Waals surface area contributed by atoms with Crippen molar-refractivity contribution in [2.45, 2.75) is 19.3 Å². The van der Waals surface area contributed by atoms with Gasteiger partial charge in [-0.1, -0.05) is 41.0 Å². The molecule has 0 aliphatic carbocycles. The van der Waals surface area contributed by atoms with Gasteiger partial charge < -0.3 is 9.47 Å². The van der Waals surface area contributed by atoms with Crippen molar-refractivity contribution in [3.8, 4) is 11.5 Å². The number of carbonyl (C=O) groups excluding carboxylic acids is 3. The van der Waals surface area contributed by atoms with Crippen molar-refractivity contribution in [1.29, 1.82) is 0 Å². The van der Waals surface area contributed by atoms with Gasteiger partial charge in [-0.05, 0) is 18.6 Å². The number of rotatable bonds is 10. The van der Waals surface area contributed by atoms with Gasteiger partial charge in [0.05, 0.1) is 20.6 Å². The van der Waals surface area contributed by atoms with Crippen molar-refractivity contribution in [3.05, 3.63) is 59.7 Å². The van der Waals surface area contributed by atoms with Crippen molar-refractivity contribution < 1.29 is 28.4 Å². The minimum atomic E-state index is -2.81. The van der Waals surface area contributed by atoms with Crippen molar-refractivity contribution in [2.75, 3.05) is 14.2 Å². The summed E-state index contributed by atoms with van der Waals surface area (Å²) >= 11 is 0. The van der Waals surface area contributed by atoms with Crippen LogP contribution in [0.3, 0.4) is 0 Å². The van der Waals surface area contributed by atoms with Crippen LogP contribution in [0.5, 0.6) is 11.5 Å². The van der Waals surface area contributed by atoms with Gasteiger partial charge in [-0.2, -0.15) is 0 Å². The molecule has 27 heavy (non-hydrogen) atoms. The third-order valence-electron chi connectivity index (χ3n) is 3.94. The average Bonchev–Trinajstić information content (AvgIpc) is 2.72. The molecule has 0 radical (unpaired) electrons. The van der Waals surface area contributed by atoms with E-state index < -0.39 is 18.8 Å². The number of Topliss-reactive ketones (excluding diaryl/α,β-unsaturated/α-hetero) is 1. The first kappa shape index (κ1) is 20.5. The van der Waals surface area contributed by atoms with E-state index in [1.807, 2.05) is 6.07 Å². The van der Waals surface area contributed by atoms with Gasteiger partial charge in [-0.25, -0.2) is 9.59 Å². The number of benzene rings is 2. The predicted octanol–water partition coefficient (Wildman–Crippen LogP) is 4.25. The summed E-state index contributed by atoms with van der Waals surface area (Å²) in [6.45, 7) is 0. The summed E-state index contributed by atoms with van der Waals surface area (Å²) in [6.07, 6.45) is 0.256. The molecule has 0 aliphatic heterocycles. The van der Waals surface area contributed by atoms with E-state index in [2.05, 4.69) is 0 Å². The van der Waals surface area contributed by atoms with Crippen molar-refractivity contribution in [1.82, 2.24) is 0 Å². The number of carbonyl (C=O) groups is 3. The van der Waals surface area contributed by atoms with Crippen LogP contribution >= 0.6 is 7.80 Å². The Morgan fingerprint density at radius 3 is 2.00 bits per heavy atom. The van der Waals surface area contributed by atoms with Gasteiger partial charge >= 0.3 is 18.8 Å². The summed E-state index contributed by atoms with van der Waals surface area (Å²) in [5, 5.41) is 0. The molecule has 0 N–H and O–H groups in total. The highest BCUT2D eigenvalue weighted by Gasteiger charge is 2.41. The monoisotopic (exact) mass is 387 g/mol. The second-order valence-corrected chi connectivity index (χ2v) is 7.17. The maximum absolute atomic E-state index is 12.5. The zero-order valence-electron chi connectivity index (χ0n) is 15.1. The molecule has 0 aromatic heterocycles. The molecule has 0 spiro atoms. The standard InChI is InChI=1S/C20H20O6P/c1-25-16-11-7-12-17(26-2)19(16)20(23)27(24)18(22)13-6-10-15(21)14-8-4-3-5-9-14/h3-5,7-9,11-12H,6,10,13H2,1-2H3/q+1. The largest absolute Gasteiger partial charge is 0.496 e. The molecule has 140 valence electrons. The van der Waals surface area contributed by atoms with E-state index in [9.17, 15) is 18.9 Å². The molecule has 6 nitrogen and oxygen atoms in total. The number of ether oxygens (including phenoxy) is 2. The number of ketones is 1. The second-order valence-electron chi connectivity index (χ2n) is 5.67. The molecular weight excluding hydrogens is 367 g/mol. The van der Waals surface area contributed by atoms with E-state index in [-0.39, 0.29) is 42.1 Å². The molecule has 0 saturated carbocycles. The highest BCUT2D eigenvalue weighted by molar-refractivity contribution is 7.79. The van der Waals surface area contributed by atoms with Crippen LogP contribution in [0.2, 0.25) is 0 Å². The maximum Gasteiger partial charge on any atom is 0.496 e. The Balaban J connectivity index is 2.00. The van der Waals surface area contributed by atoms with Crippen LogP contribution in [0.15, 0.2) is 48.5 Å². The lowest BCUT2D eigenvalue weighted by molar-refractivity contribution is -0.111. The fraction of sp³-hybridized carbons (Fsp3) is 0.250. The van der Waals surface area contributed by atoms with E-state index in [0.29, 0.717) is 5.56 Å². The van der Waals surface area contributed by atoms with E-state index >= 15 is 0 Å². The first-order valence-electron chi connectivity index (χ1n) is 8.33. The number of methoxy groups -OCH3 is 2. The fourth-order valence-corrected chi connectivity index (χ4v) is 3.56. The quantitative estimate of drug-likeness (QED) is 0.447. The molecule has 2 aromatic rings. The van der Waals surface area contributed by atoms with Gasteiger partial charge in [0, 0.05) is 12.0 Å². The molecule has 0 amide bonds. The van der Waals surface area contributed by atoms with Crippen LogP contribution in [0.1, 0.15) is 40.0 Å². The fourth-order valence-electron chi connectivity index (χ4n) is 2.55. The highest BCUT2D eigenvalue weighted by atomic mass is 31.1. The Morgan fingerprint density at radius 1 is 0.852 bits per heavy atom. The Hall–Kier alpha value is -2.85. The van der Waals surface area contributed by atoms with Crippen molar-refractivity contribution >= 4 is 24.6 Å². The molecule has 7 heteroatoms. The number of hydrogen-bond donors (Lipinski definition) is 0. The Morgan fingerprint density at radius 2 is 1.44 bits per heavy atom. The summed E-state index contributed by atoms with van der Waals surface area (Å²) in [5.41, 5.74) is -0.982. The third kappa shape index (κ3) is 5.08. The van der Waals surface area contributed by atoms with Gasteiger partial charge in [0.2, 0.25) is 0 Å². The van der Waals surface area contributed by atoms with Gasteiger partial charge in [0.15, 0.2) is 11.3 Å². The molecule has 0 saturated heterocycles. The van der Waals surface area contributed by atoms with Crippen LogP contribution in [-0.4, -0.2) is 31.1 Å². The maximum atomic E-state index is 12.5. The molecule has 0 aliphatic rings. The minimum Gasteiger partial charge on any atom is -0.496 e. The lowest BCUT2D eigenvalue weighted by Gasteiger charge is -2.07. The van der Waals surface area contributed by atoms with Crippen LogP contribution in [0.4, 0.5) is 0 Å². The van der Waals surface area contributed by atoms with Crippen LogP contribution in [-0.2, 0) is 9.36 Å². The molecular formula is C20H20O6P+. The predicted molar refractivity (Wildman–Crippen MR) is 101 cm³/mol. The molecule has 0 heterocycles. The first-order chi connectivity index (χ1) is 13.0.